The highest BCUT2D eigenvalue weighted by atomic mass is 127. The minimum absolute atomic E-state index is 0.164. The summed E-state index contributed by atoms with van der Waals surface area (Å²) in [5, 5.41) is 0. The van der Waals surface area contributed by atoms with E-state index in [2.05, 4.69) is 0 Å². The molecule has 8 heavy (non-hydrogen) atoms. The second-order valence-electron chi connectivity index (χ2n) is 1.10. The Morgan fingerprint density at radius 1 is 1.25 bits per heavy atom. The molecule has 0 spiro atoms. The molecule has 0 aromatic heterocycles. The largest absolute Gasteiger partial charge is 0.301 e. The van der Waals surface area contributed by atoms with Crippen LogP contribution in [0.25, 0.3) is 0 Å². The fourth-order valence-electron chi connectivity index (χ4n) is 0.177. The van der Waals surface area contributed by atoms with Crippen molar-refractivity contribution in [3.63, 3.8) is 0 Å². The number of allylic oxidation sites excluding steroid dienone is 1. The third kappa shape index (κ3) is 3.29. The van der Waals surface area contributed by atoms with Gasteiger partial charge in [-0.1, -0.05) is 22.6 Å². The van der Waals surface area contributed by atoms with Crippen LogP contribution in [-0.2, 0) is 0 Å². The molecule has 0 bridgehead atoms. The lowest BCUT2D eigenvalue weighted by Gasteiger charge is -1.86. The first kappa shape index (κ1) is 8.26. The van der Waals surface area contributed by atoms with Crippen LogP contribution in [0.3, 0.4) is 0 Å². The molecule has 0 fully saturated rings. The van der Waals surface area contributed by atoms with Gasteiger partial charge in [0.1, 0.15) is 0 Å². The molecule has 0 aliphatic carbocycles. The molecule has 0 rings (SSSR count). The second-order valence-corrected chi connectivity index (χ2v) is 2.18. The van der Waals surface area contributed by atoms with Gasteiger partial charge in [0.05, 0.1) is 0 Å². The third-order valence-corrected chi connectivity index (χ3v) is 1.06. The van der Waals surface area contributed by atoms with Gasteiger partial charge in [-0.05, 0) is 0 Å². The first-order valence-electron chi connectivity index (χ1n) is 1.94. The lowest BCUT2D eigenvalue weighted by molar-refractivity contribution is 0.373. The first-order chi connectivity index (χ1) is 3.68. The highest BCUT2D eigenvalue weighted by Gasteiger charge is 2.01. The second kappa shape index (κ2) is 4.17. The van der Waals surface area contributed by atoms with E-state index in [0.717, 1.165) is 0 Å². The summed E-state index contributed by atoms with van der Waals surface area (Å²) >= 11 is 1.83. The van der Waals surface area contributed by atoms with Crippen molar-refractivity contribution < 1.29 is 13.2 Å². The van der Waals surface area contributed by atoms with Gasteiger partial charge in [0.25, 0.3) is 0 Å². The molecule has 0 atom stereocenters. The minimum atomic E-state index is -2.19. The van der Waals surface area contributed by atoms with Crippen molar-refractivity contribution in [1.82, 2.24) is 0 Å². The average Bonchev–Trinajstić information content (AvgIpc) is 1.67. The molecule has 0 aromatic carbocycles. The summed E-state index contributed by atoms with van der Waals surface area (Å²) in [4.78, 5) is 0. The minimum Gasteiger partial charge on any atom is -0.206 e. The van der Waals surface area contributed by atoms with Crippen molar-refractivity contribution in [1.29, 1.82) is 0 Å². The number of halogens is 4. The van der Waals surface area contributed by atoms with E-state index in [-0.39, 0.29) is 6.42 Å². The van der Waals surface area contributed by atoms with Crippen molar-refractivity contribution in [2.24, 2.45) is 0 Å². The summed E-state index contributed by atoms with van der Waals surface area (Å²) < 4.78 is 34.3. The van der Waals surface area contributed by atoms with Gasteiger partial charge >= 0.3 is 6.08 Å². The van der Waals surface area contributed by atoms with Crippen molar-refractivity contribution in [2.75, 3.05) is 4.43 Å². The van der Waals surface area contributed by atoms with Crippen LogP contribution in [0.15, 0.2) is 11.9 Å². The van der Waals surface area contributed by atoms with Gasteiger partial charge in [0, 0.05) is 10.8 Å². The van der Waals surface area contributed by atoms with E-state index in [1.165, 1.54) is 0 Å². The maximum absolute atomic E-state index is 11.7. The van der Waals surface area contributed by atoms with E-state index in [1.54, 1.807) is 0 Å². The van der Waals surface area contributed by atoms with Gasteiger partial charge in [-0.25, -0.2) is 4.39 Å². The zero-order valence-corrected chi connectivity index (χ0v) is 6.08. The number of rotatable bonds is 2. The fraction of sp³-hybridized carbons (Fsp3) is 0.500. The van der Waals surface area contributed by atoms with Crippen LogP contribution in [0.2, 0.25) is 0 Å². The highest BCUT2D eigenvalue weighted by molar-refractivity contribution is 14.1. The van der Waals surface area contributed by atoms with E-state index < -0.39 is 11.9 Å². The number of alkyl halides is 1. The first-order valence-corrected chi connectivity index (χ1v) is 3.46. The molecule has 0 amide bonds. The summed E-state index contributed by atoms with van der Waals surface area (Å²) in [6.07, 6.45) is -2.36. The lowest BCUT2D eigenvalue weighted by atomic mass is 10.4. The van der Waals surface area contributed by atoms with E-state index in [9.17, 15) is 13.2 Å². The summed E-state index contributed by atoms with van der Waals surface area (Å²) in [7, 11) is 0. The Hall–Kier alpha value is 0.260. The molecule has 0 unspecified atom stereocenters. The summed E-state index contributed by atoms with van der Waals surface area (Å²) in [6, 6.07) is 0. The SMILES string of the molecule is FC(F)=C(F)CCI. The normalized spacial score (nSPS) is 9.00. The molecule has 0 saturated carbocycles. The number of hydrogen-bond acceptors (Lipinski definition) is 0. The van der Waals surface area contributed by atoms with Crippen LogP contribution in [0.1, 0.15) is 6.42 Å². The average molecular weight is 236 g/mol. The Morgan fingerprint density at radius 3 is 1.88 bits per heavy atom. The highest BCUT2D eigenvalue weighted by Crippen LogP contribution is 2.13. The summed E-state index contributed by atoms with van der Waals surface area (Å²) in [5.74, 6) is -1.29. The molecular formula is C4H4F3I. The number of hydrogen-bond donors (Lipinski definition) is 0. The maximum atomic E-state index is 11.7. The Kier molecular flexibility index (Phi) is 4.31. The zero-order valence-electron chi connectivity index (χ0n) is 3.93. The molecule has 0 aromatic rings. The fourth-order valence-corrected chi connectivity index (χ4v) is 0.651. The monoisotopic (exact) mass is 236 g/mol. The maximum Gasteiger partial charge on any atom is 0.301 e. The molecule has 4 heteroatoms. The Labute approximate surface area is 58.9 Å². The lowest BCUT2D eigenvalue weighted by Crippen LogP contribution is -1.76. The predicted octanol–water partition coefficient (Wildman–Crippen LogP) is 2.89. The molecule has 48 valence electrons. The van der Waals surface area contributed by atoms with Gasteiger partial charge < -0.3 is 0 Å². The smallest absolute Gasteiger partial charge is 0.206 e. The molecule has 0 heterocycles. The van der Waals surface area contributed by atoms with E-state index >= 15 is 0 Å². The van der Waals surface area contributed by atoms with Crippen LogP contribution in [-0.4, -0.2) is 4.43 Å². The van der Waals surface area contributed by atoms with E-state index in [4.69, 9.17) is 0 Å². The van der Waals surface area contributed by atoms with Gasteiger partial charge in [-0.2, -0.15) is 8.78 Å². The zero-order chi connectivity index (χ0) is 6.57. The van der Waals surface area contributed by atoms with Gasteiger partial charge in [-0.3, -0.25) is 0 Å². The molecule has 0 aliphatic heterocycles. The summed E-state index contributed by atoms with van der Waals surface area (Å²) in [5.41, 5.74) is 0. The van der Waals surface area contributed by atoms with Crippen LogP contribution in [0.5, 0.6) is 0 Å². The molecule has 0 nitrogen and oxygen atoms in total. The van der Waals surface area contributed by atoms with Crippen LogP contribution in [0.4, 0.5) is 13.2 Å². The molecular weight excluding hydrogens is 232 g/mol. The van der Waals surface area contributed by atoms with Crippen LogP contribution >= 0.6 is 22.6 Å². The van der Waals surface area contributed by atoms with E-state index in [1.807, 2.05) is 22.6 Å². The van der Waals surface area contributed by atoms with Gasteiger partial charge in [0.2, 0.25) is 0 Å². The quantitative estimate of drug-likeness (QED) is 0.510. The van der Waals surface area contributed by atoms with Crippen LogP contribution < -0.4 is 0 Å². The molecule has 0 radical (unpaired) electrons. The third-order valence-electron chi connectivity index (χ3n) is 0.519. The standard InChI is InChI=1S/C4H4F3I/c5-3(1-2-8)4(6)7/h1-2H2. The summed E-state index contributed by atoms with van der Waals surface area (Å²) in [6.45, 7) is 0. The van der Waals surface area contributed by atoms with Crippen molar-refractivity contribution in [3.8, 4) is 0 Å². The Bertz CT molecular complexity index is 95.5. The molecule has 0 N–H and O–H groups in total. The van der Waals surface area contributed by atoms with Crippen molar-refractivity contribution in [2.45, 2.75) is 6.42 Å². The van der Waals surface area contributed by atoms with Gasteiger partial charge in [-0.15, -0.1) is 0 Å². The molecule has 0 aliphatic rings. The topological polar surface area (TPSA) is 0 Å². The van der Waals surface area contributed by atoms with Crippen molar-refractivity contribution >= 4 is 22.6 Å². The predicted molar refractivity (Wildman–Crippen MR) is 33.9 cm³/mol. The Balaban J connectivity index is 3.62. The van der Waals surface area contributed by atoms with Crippen LogP contribution in [0, 0.1) is 0 Å². The molecule has 0 saturated heterocycles. The Morgan fingerprint density at radius 2 is 1.75 bits per heavy atom. The van der Waals surface area contributed by atoms with Crippen molar-refractivity contribution in [3.05, 3.63) is 11.9 Å². The van der Waals surface area contributed by atoms with E-state index in [0.29, 0.717) is 4.43 Å². The van der Waals surface area contributed by atoms with Gasteiger partial charge in [0.15, 0.2) is 5.83 Å².